The number of hydrogen-bond donors (Lipinski definition) is 2. The molecule has 0 aromatic heterocycles. The highest BCUT2D eigenvalue weighted by atomic mass is 35.5. The summed E-state index contributed by atoms with van der Waals surface area (Å²) in [5.41, 5.74) is 7.38. The SMILES string of the molecule is CCN(C)C(=NC(C)(CSc1ccc(Cl)cc1)c1ccc(C(N)=O)cc1)C1=CC=CCN1. The van der Waals surface area contributed by atoms with Crippen LogP contribution in [0.5, 0.6) is 0 Å². The van der Waals surface area contributed by atoms with Crippen molar-refractivity contribution in [3.05, 3.63) is 88.6 Å². The third-order valence-corrected chi connectivity index (χ3v) is 6.93. The summed E-state index contributed by atoms with van der Waals surface area (Å²) in [6.07, 6.45) is 6.18. The second-order valence-corrected chi connectivity index (χ2v) is 9.28. The number of nitrogens with two attached hydrogens (primary N) is 1. The third-order valence-electron chi connectivity index (χ3n) is 5.36. The van der Waals surface area contributed by atoms with E-state index in [2.05, 4.69) is 36.2 Å². The topological polar surface area (TPSA) is 70.7 Å². The van der Waals surface area contributed by atoms with Gasteiger partial charge in [-0.05, 0) is 61.9 Å². The van der Waals surface area contributed by atoms with Crippen LogP contribution in [0.2, 0.25) is 5.02 Å². The van der Waals surface area contributed by atoms with Crippen molar-refractivity contribution in [2.75, 3.05) is 25.9 Å². The van der Waals surface area contributed by atoms with Crippen molar-refractivity contribution in [3.8, 4) is 0 Å². The number of thioether (sulfide) groups is 1. The number of dihydropyridines is 1. The predicted molar refractivity (Wildman–Crippen MR) is 135 cm³/mol. The average molecular weight is 469 g/mol. The summed E-state index contributed by atoms with van der Waals surface area (Å²) >= 11 is 7.77. The Balaban J connectivity index is 2.03. The second kappa shape index (κ2) is 10.7. The highest BCUT2D eigenvalue weighted by molar-refractivity contribution is 7.99. The molecule has 32 heavy (non-hydrogen) atoms. The number of rotatable bonds is 8. The summed E-state index contributed by atoms with van der Waals surface area (Å²) in [4.78, 5) is 20.1. The van der Waals surface area contributed by atoms with E-state index in [0.717, 1.165) is 35.1 Å². The molecule has 5 nitrogen and oxygen atoms in total. The molecular weight excluding hydrogens is 440 g/mol. The van der Waals surface area contributed by atoms with Gasteiger partial charge >= 0.3 is 0 Å². The molecule has 2 aromatic carbocycles. The predicted octanol–water partition coefficient (Wildman–Crippen LogP) is 4.84. The first-order chi connectivity index (χ1) is 15.3. The molecule has 0 aliphatic carbocycles. The van der Waals surface area contributed by atoms with Crippen LogP contribution in [0.1, 0.15) is 29.8 Å². The molecular formula is C25H29ClN4OS. The molecule has 1 aliphatic heterocycles. The molecule has 3 N–H and O–H groups in total. The summed E-state index contributed by atoms with van der Waals surface area (Å²) in [5, 5.41) is 4.15. The van der Waals surface area contributed by atoms with Gasteiger partial charge in [0.25, 0.3) is 0 Å². The zero-order valence-corrected chi connectivity index (χ0v) is 20.2. The smallest absolute Gasteiger partial charge is 0.248 e. The van der Waals surface area contributed by atoms with Gasteiger partial charge in [0.05, 0.1) is 11.2 Å². The number of nitrogens with zero attached hydrogens (tertiary/aromatic N) is 2. The van der Waals surface area contributed by atoms with Crippen LogP contribution in [-0.4, -0.2) is 42.5 Å². The van der Waals surface area contributed by atoms with Crippen molar-refractivity contribution < 1.29 is 4.79 Å². The van der Waals surface area contributed by atoms with E-state index in [1.54, 1.807) is 23.9 Å². The Morgan fingerprint density at radius 1 is 1.22 bits per heavy atom. The molecule has 2 aromatic rings. The lowest BCUT2D eigenvalue weighted by Gasteiger charge is -2.31. The lowest BCUT2D eigenvalue weighted by molar-refractivity contribution is 0.1000. The largest absolute Gasteiger partial charge is 0.379 e. The number of amidine groups is 1. The fourth-order valence-corrected chi connectivity index (χ4v) is 4.41. The summed E-state index contributed by atoms with van der Waals surface area (Å²) in [6, 6.07) is 15.2. The Morgan fingerprint density at radius 2 is 1.91 bits per heavy atom. The molecule has 0 fully saturated rings. The van der Waals surface area contributed by atoms with E-state index in [0.29, 0.717) is 16.3 Å². The van der Waals surface area contributed by atoms with Gasteiger partial charge in [0.2, 0.25) is 5.91 Å². The molecule has 0 spiro atoms. The first-order valence-corrected chi connectivity index (χ1v) is 11.9. The fourth-order valence-electron chi connectivity index (χ4n) is 3.28. The van der Waals surface area contributed by atoms with Gasteiger partial charge in [0.1, 0.15) is 5.84 Å². The number of benzene rings is 2. The van der Waals surface area contributed by atoms with Crippen LogP contribution in [0.25, 0.3) is 0 Å². The number of carbonyl (C=O) groups is 1. The summed E-state index contributed by atoms with van der Waals surface area (Å²) < 4.78 is 0. The number of halogens is 1. The number of aliphatic imine (C=N–C) groups is 1. The maximum atomic E-state index is 11.6. The van der Waals surface area contributed by atoms with Gasteiger partial charge in [-0.15, -0.1) is 11.8 Å². The maximum Gasteiger partial charge on any atom is 0.248 e. The summed E-state index contributed by atoms with van der Waals surface area (Å²) in [7, 11) is 2.04. The minimum atomic E-state index is -0.553. The number of carbonyl (C=O) groups excluding carboxylic acids is 1. The van der Waals surface area contributed by atoms with E-state index in [1.165, 1.54) is 0 Å². The molecule has 0 bridgehead atoms. The van der Waals surface area contributed by atoms with Crippen LogP contribution in [-0.2, 0) is 5.54 Å². The van der Waals surface area contributed by atoms with Crippen molar-refractivity contribution in [1.29, 1.82) is 0 Å². The van der Waals surface area contributed by atoms with Crippen LogP contribution in [0.4, 0.5) is 0 Å². The number of likely N-dealkylation sites (N-methyl/N-ethyl adjacent to an activating group) is 1. The zero-order valence-electron chi connectivity index (χ0n) is 18.6. The molecule has 0 saturated carbocycles. The minimum Gasteiger partial charge on any atom is -0.379 e. The van der Waals surface area contributed by atoms with Crippen LogP contribution < -0.4 is 11.1 Å². The molecule has 168 valence electrons. The Labute approximate surface area is 199 Å². The number of amides is 1. The van der Waals surface area contributed by atoms with Gasteiger partial charge < -0.3 is 16.0 Å². The van der Waals surface area contributed by atoms with Gasteiger partial charge in [-0.3, -0.25) is 9.79 Å². The van der Waals surface area contributed by atoms with E-state index in [-0.39, 0.29) is 0 Å². The van der Waals surface area contributed by atoms with Crippen molar-refractivity contribution in [1.82, 2.24) is 10.2 Å². The molecule has 0 radical (unpaired) electrons. The van der Waals surface area contributed by atoms with Crippen molar-refractivity contribution >= 4 is 35.1 Å². The number of primary amides is 1. The Kier molecular flexibility index (Phi) is 8.04. The monoisotopic (exact) mass is 468 g/mol. The Bertz CT molecular complexity index is 1030. The average Bonchev–Trinajstić information content (AvgIpc) is 2.82. The summed E-state index contributed by atoms with van der Waals surface area (Å²) in [5.74, 6) is 1.16. The molecule has 1 aliphatic rings. The molecule has 1 amide bonds. The van der Waals surface area contributed by atoms with Crippen LogP contribution in [0.15, 0.2) is 82.3 Å². The normalized spacial score (nSPS) is 15.5. The third kappa shape index (κ3) is 5.96. The number of hydrogen-bond acceptors (Lipinski definition) is 4. The van der Waals surface area contributed by atoms with Crippen LogP contribution >= 0.6 is 23.4 Å². The molecule has 1 heterocycles. The lowest BCUT2D eigenvalue weighted by atomic mass is 9.93. The van der Waals surface area contributed by atoms with Gasteiger partial charge in [0, 0.05) is 41.4 Å². The van der Waals surface area contributed by atoms with E-state index in [1.807, 2.05) is 49.5 Å². The van der Waals surface area contributed by atoms with Gasteiger partial charge in [-0.25, -0.2) is 0 Å². The van der Waals surface area contributed by atoms with Gasteiger partial charge in [0.15, 0.2) is 0 Å². The van der Waals surface area contributed by atoms with Crippen molar-refractivity contribution in [3.63, 3.8) is 0 Å². The standard InChI is InChI=1S/C25H29ClN4OS/c1-4-30(3)24(22-7-5-6-16-28-22)29-25(2,17-32-21-14-12-20(26)13-15-21)19-10-8-18(9-11-19)23(27)31/h5-15,28H,4,16-17H2,1-3H3,(H2,27,31). The van der Waals surface area contributed by atoms with Crippen LogP contribution in [0, 0.1) is 0 Å². The highest BCUT2D eigenvalue weighted by Gasteiger charge is 2.29. The van der Waals surface area contributed by atoms with E-state index in [9.17, 15) is 4.79 Å². The van der Waals surface area contributed by atoms with E-state index in [4.69, 9.17) is 22.3 Å². The number of allylic oxidation sites excluding steroid dienone is 2. The Hall–Kier alpha value is -2.70. The molecule has 1 atom stereocenters. The van der Waals surface area contributed by atoms with E-state index < -0.39 is 11.4 Å². The quantitative estimate of drug-likeness (QED) is 0.330. The molecule has 7 heteroatoms. The van der Waals surface area contributed by atoms with Gasteiger partial charge in [-0.2, -0.15) is 0 Å². The molecule has 1 unspecified atom stereocenters. The highest BCUT2D eigenvalue weighted by Crippen LogP contribution is 2.34. The summed E-state index contributed by atoms with van der Waals surface area (Å²) in [6.45, 7) is 5.82. The van der Waals surface area contributed by atoms with Crippen LogP contribution in [0.3, 0.4) is 0 Å². The van der Waals surface area contributed by atoms with Gasteiger partial charge in [-0.1, -0.05) is 35.9 Å². The second-order valence-electron chi connectivity index (χ2n) is 7.80. The number of nitrogens with one attached hydrogen (secondary N) is 1. The first-order valence-electron chi connectivity index (χ1n) is 10.5. The lowest BCUT2D eigenvalue weighted by Crippen LogP contribution is -2.38. The minimum absolute atomic E-state index is 0.438. The van der Waals surface area contributed by atoms with E-state index >= 15 is 0 Å². The molecule has 0 saturated heterocycles. The van der Waals surface area contributed by atoms with Crippen molar-refractivity contribution in [2.24, 2.45) is 10.7 Å². The maximum absolute atomic E-state index is 11.6. The Morgan fingerprint density at radius 3 is 2.47 bits per heavy atom. The van der Waals surface area contributed by atoms with Crippen molar-refractivity contribution in [2.45, 2.75) is 24.3 Å². The zero-order chi connectivity index (χ0) is 23.1. The molecule has 3 rings (SSSR count). The first kappa shape index (κ1) is 24.0. The fraction of sp³-hybridized carbons (Fsp3) is 0.280.